The lowest BCUT2D eigenvalue weighted by molar-refractivity contribution is -0.121. The molecule has 0 radical (unpaired) electrons. The second kappa shape index (κ2) is 4.45. The molecule has 1 aromatic carbocycles. The van der Waals surface area contributed by atoms with Crippen molar-refractivity contribution in [3.8, 4) is 11.5 Å². The molecule has 1 saturated heterocycles. The van der Waals surface area contributed by atoms with Crippen molar-refractivity contribution in [1.82, 2.24) is 0 Å². The van der Waals surface area contributed by atoms with E-state index in [1.165, 1.54) is 12.0 Å². The van der Waals surface area contributed by atoms with E-state index in [1.54, 1.807) is 25.3 Å². The summed E-state index contributed by atoms with van der Waals surface area (Å²) in [7, 11) is 3.07. The van der Waals surface area contributed by atoms with Crippen molar-refractivity contribution in [2.24, 2.45) is 0 Å². The van der Waals surface area contributed by atoms with Gasteiger partial charge in [-0.1, -0.05) is 0 Å². The maximum Gasteiger partial charge on any atom is 0.235 e. The summed E-state index contributed by atoms with van der Waals surface area (Å²) in [6.07, 6.45) is -0.0326. The number of ether oxygens (including phenoxy) is 2. The lowest BCUT2D eigenvalue weighted by Crippen LogP contribution is -2.25. The maximum atomic E-state index is 11.6. The summed E-state index contributed by atoms with van der Waals surface area (Å²) in [5.41, 5.74) is 0.601. The molecule has 0 aromatic heterocycles. The first kappa shape index (κ1) is 11.4. The number of Topliss-reactive ketones (excluding diaryl/α,β-unsaturated/α-hetero) is 1. The van der Waals surface area contributed by atoms with E-state index in [1.807, 2.05) is 0 Å². The minimum Gasteiger partial charge on any atom is -0.497 e. The summed E-state index contributed by atoms with van der Waals surface area (Å²) < 4.78 is 10.3. The molecule has 0 bridgehead atoms. The van der Waals surface area contributed by atoms with Crippen LogP contribution in [0.25, 0.3) is 0 Å². The summed E-state index contributed by atoms with van der Waals surface area (Å²) >= 11 is 0. The van der Waals surface area contributed by atoms with Crippen LogP contribution in [0, 0.1) is 0 Å². The fourth-order valence-corrected chi connectivity index (χ4v) is 1.81. The van der Waals surface area contributed by atoms with E-state index in [2.05, 4.69) is 0 Å². The second-order valence-electron chi connectivity index (χ2n) is 3.73. The normalized spacial score (nSPS) is 15.3. The summed E-state index contributed by atoms with van der Waals surface area (Å²) in [5, 5.41) is 0. The van der Waals surface area contributed by atoms with Gasteiger partial charge in [0.2, 0.25) is 5.91 Å². The molecule has 0 aliphatic carbocycles. The van der Waals surface area contributed by atoms with Gasteiger partial charge in [-0.05, 0) is 12.1 Å². The number of amides is 1. The van der Waals surface area contributed by atoms with Crippen molar-refractivity contribution in [3.63, 3.8) is 0 Å². The third kappa shape index (κ3) is 2.08. The van der Waals surface area contributed by atoms with Crippen LogP contribution in [0.1, 0.15) is 6.42 Å². The molecule has 1 amide bonds. The highest BCUT2D eigenvalue weighted by Gasteiger charge is 2.30. The Morgan fingerprint density at radius 2 is 1.94 bits per heavy atom. The van der Waals surface area contributed by atoms with Gasteiger partial charge in [-0.15, -0.1) is 0 Å². The van der Waals surface area contributed by atoms with E-state index in [9.17, 15) is 9.59 Å². The zero-order chi connectivity index (χ0) is 12.4. The van der Waals surface area contributed by atoms with Crippen LogP contribution in [0.5, 0.6) is 11.5 Å². The van der Waals surface area contributed by atoms with Crippen LogP contribution in [0.4, 0.5) is 5.69 Å². The van der Waals surface area contributed by atoms with Gasteiger partial charge in [0, 0.05) is 6.07 Å². The van der Waals surface area contributed by atoms with Gasteiger partial charge in [-0.2, -0.15) is 0 Å². The van der Waals surface area contributed by atoms with Gasteiger partial charge >= 0.3 is 0 Å². The third-order valence-electron chi connectivity index (χ3n) is 2.66. The number of rotatable bonds is 3. The Hall–Kier alpha value is -2.04. The largest absolute Gasteiger partial charge is 0.497 e. The quantitative estimate of drug-likeness (QED) is 0.734. The predicted octanol–water partition coefficient (Wildman–Crippen LogP) is 1.01. The summed E-state index contributed by atoms with van der Waals surface area (Å²) in [4.78, 5) is 24.3. The molecule has 1 fully saturated rings. The highest BCUT2D eigenvalue weighted by Crippen LogP contribution is 2.33. The number of benzene rings is 1. The molecule has 0 atom stereocenters. The molecule has 0 saturated carbocycles. The molecule has 1 aromatic rings. The van der Waals surface area contributed by atoms with Crippen LogP contribution >= 0.6 is 0 Å². The van der Waals surface area contributed by atoms with E-state index in [4.69, 9.17) is 9.47 Å². The van der Waals surface area contributed by atoms with Gasteiger partial charge in [-0.25, -0.2) is 0 Å². The molecule has 5 heteroatoms. The molecule has 0 unspecified atom stereocenters. The van der Waals surface area contributed by atoms with Crippen molar-refractivity contribution in [2.75, 3.05) is 25.7 Å². The maximum absolute atomic E-state index is 11.6. The molecule has 1 aliphatic rings. The van der Waals surface area contributed by atoms with Gasteiger partial charge < -0.3 is 14.4 Å². The molecule has 0 N–H and O–H groups in total. The van der Waals surface area contributed by atoms with Crippen LogP contribution in [0.2, 0.25) is 0 Å². The van der Waals surface area contributed by atoms with Crippen molar-refractivity contribution in [3.05, 3.63) is 18.2 Å². The monoisotopic (exact) mass is 235 g/mol. The molecule has 2 rings (SSSR count). The molecular formula is C12H13NO4. The van der Waals surface area contributed by atoms with Gasteiger partial charge in [-0.3, -0.25) is 9.59 Å². The van der Waals surface area contributed by atoms with E-state index >= 15 is 0 Å². The van der Waals surface area contributed by atoms with Crippen molar-refractivity contribution < 1.29 is 19.1 Å². The molecule has 5 nitrogen and oxygen atoms in total. The fourth-order valence-electron chi connectivity index (χ4n) is 1.81. The average molecular weight is 235 g/mol. The minimum atomic E-state index is -0.196. The summed E-state index contributed by atoms with van der Waals surface area (Å²) in [6, 6.07) is 5.13. The topological polar surface area (TPSA) is 55.8 Å². The average Bonchev–Trinajstić information content (AvgIpc) is 2.67. The van der Waals surface area contributed by atoms with E-state index in [0.29, 0.717) is 17.2 Å². The Balaban J connectivity index is 2.38. The molecule has 1 aliphatic heterocycles. The first-order valence-corrected chi connectivity index (χ1v) is 5.20. The highest BCUT2D eigenvalue weighted by molar-refractivity contribution is 6.15. The molecular weight excluding hydrogens is 222 g/mol. The number of ketones is 1. The van der Waals surface area contributed by atoms with Crippen LogP contribution in [0.15, 0.2) is 18.2 Å². The number of hydrogen-bond donors (Lipinski definition) is 0. The van der Waals surface area contributed by atoms with Crippen LogP contribution in [-0.4, -0.2) is 32.5 Å². The number of methoxy groups -OCH3 is 2. The molecule has 17 heavy (non-hydrogen) atoms. The molecule has 90 valence electrons. The minimum absolute atomic E-state index is 0.0326. The van der Waals surface area contributed by atoms with Crippen LogP contribution in [0.3, 0.4) is 0 Å². The molecule has 1 heterocycles. The van der Waals surface area contributed by atoms with E-state index < -0.39 is 0 Å². The zero-order valence-corrected chi connectivity index (χ0v) is 9.73. The Morgan fingerprint density at radius 3 is 2.47 bits per heavy atom. The Bertz CT molecular complexity index is 470. The van der Waals surface area contributed by atoms with Crippen molar-refractivity contribution in [2.45, 2.75) is 6.42 Å². The van der Waals surface area contributed by atoms with Gasteiger partial charge in [0.1, 0.15) is 11.5 Å². The number of carbonyl (C=O) groups excluding carboxylic acids is 2. The fraction of sp³-hybridized carbons (Fsp3) is 0.333. The molecule has 0 spiro atoms. The summed E-state index contributed by atoms with van der Waals surface area (Å²) in [5.74, 6) is 0.891. The van der Waals surface area contributed by atoms with E-state index in [0.717, 1.165) is 0 Å². The Kier molecular flexibility index (Phi) is 2.99. The Morgan fingerprint density at radius 1 is 1.18 bits per heavy atom. The van der Waals surface area contributed by atoms with Gasteiger partial charge in [0.25, 0.3) is 0 Å². The smallest absolute Gasteiger partial charge is 0.235 e. The lowest BCUT2D eigenvalue weighted by Gasteiger charge is -2.18. The SMILES string of the molecule is COc1ccc(N2CC(=O)CC2=O)c(OC)c1. The first-order chi connectivity index (χ1) is 8.15. The predicted molar refractivity (Wildman–Crippen MR) is 61.5 cm³/mol. The number of nitrogens with zero attached hydrogens (tertiary/aromatic N) is 1. The van der Waals surface area contributed by atoms with Crippen LogP contribution < -0.4 is 14.4 Å². The van der Waals surface area contributed by atoms with E-state index in [-0.39, 0.29) is 24.7 Å². The van der Waals surface area contributed by atoms with Crippen molar-refractivity contribution >= 4 is 17.4 Å². The third-order valence-corrected chi connectivity index (χ3v) is 2.66. The Labute approximate surface area is 98.9 Å². The number of anilines is 1. The first-order valence-electron chi connectivity index (χ1n) is 5.20. The lowest BCUT2D eigenvalue weighted by atomic mass is 10.2. The zero-order valence-electron chi connectivity index (χ0n) is 9.73. The van der Waals surface area contributed by atoms with Crippen LogP contribution in [-0.2, 0) is 9.59 Å². The second-order valence-corrected chi connectivity index (χ2v) is 3.73. The standard InChI is InChI=1S/C12H13NO4/c1-16-9-3-4-10(11(6-9)17-2)13-7-8(14)5-12(13)15/h3-4,6H,5,7H2,1-2H3. The summed E-state index contributed by atoms with van der Waals surface area (Å²) in [6.45, 7) is 0.113. The van der Waals surface area contributed by atoms with Gasteiger partial charge in [0.15, 0.2) is 5.78 Å². The highest BCUT2D eigenvalue weighted by atomic mass is 16.5. The number of hydrogen-bond acceptors (Lipinski definition) is 4. The van der Waals surface area contributed by atoms with Crippen molar-refractivity contribution in [1.29, 1.82) is 0 Å². The number of carbonyl (C=O) groups is 2. The van der Waals surface area contributed by atoms with Gasteiger partial charge in [0.05, 0.1) is 32.9 Å².